The molecule has 112 valence electrons. The van der Waals surface area contributed by atoms with Crippen LogP contribution >= 0.6 is 0 Å². The number of rotatable bonds is 3. The summed E-state index contributed by atoms with van der Waals surface area (Å²) in [6.07, 6.45) is 2.45. The van der Waals surface area contributed by atoms with Crippen molar-refractivity contribution in [1.82, 2.24) is 9.88 Å². The van der Waals surface area contributed by atoms with Crippen molar-refractivity contribution in [1.29, 1.82) is 0 Å². The molecule has 1 aromatic heterocycles. The molecule has 5 nitrogen and oxygen atoms in total. The van der Waals surface area contributed by atoms with Gasteiger partial charge in [-0.15, -0.1) is 0 Å². The van der Waals surface area contributed by atoms with E-state index in [2.05, 4.69) is 5.32 Å². The number of nitrogens with one attached hydrogen (secondary N) is 1. The molecule has 0 radical (unpaired) electrons. The number of hydrogen-bond acceptors (Lipinski definition) is 3. The van der Waals surface area contributed by atoms with Gasteiger partial charge in [-0.25, -0.2) is 8.42 Å². The summed E-state index contributed by atoms with van der Waals surface area (Å²) < 4.78 is 24.8. The van der Waals surface area contributed by atoms with Gasteiger partial charge in [-0.1, -0.05) is 18.2 Å². The van der Waals surface area contributed by atoms with Crippen LogP contribution in [0.4, 0.5) is 0 Å². The average molecular weight is 306 g/mol. The van der Waals surface area contributed by atoms with Crippen LogP contribution in [0.2, 0.25) is 0 Å². The lowest BCUT2D eigenvalue weighted by Gasteiger charge is -2.09. The molecular formula is C15H18N2O3S. The molecule has 1 aliphatic heterocycles. The third-order valence-corrected chi connectivity index (χ3v) is 5.86. The highest BCUT2D eigenvalue weighted by Crippen LogP contribution is 2.21. The molecule has 0 saturated carbocycles. The van der Waals surface area contributed by atoms with E-state index < -0.39 is 9.84 Å². The number of aromatic nitrogens is 1. The van der Waals surface area contributed by atoms with Crippen molar-refractivity contribution in [3.05, 3.63) is 36.0 Å². The van der Waals surface area contributed by atoms with E-state index in [0.29, 0.717) is 18.5 Å². The number of para-hydroxylation sites is 1. The van der Waals surface area contributed by atoms with Gasteiger partial charge >= 0.3 is 0 Å². The summed E-state index contributed by atoms with van der Waals surface area (Å²) >= 11 is 0. The summed E-state index contributed by atoms with van der Waals surface area (Å²) in [6.45, 7) is 0.418. The van der Waals surface area contributed by atoms with Crippen molar-refractivity contribution < 1.29 is 13.2 Å². The van der Waals surface area contributed by atoms with Gasteiger partial charge in [-0.05, 0) is 18.4 Å². The predicted molar refractivity (Wildman–Crippen MR) is 82.0 cm³/mol. The van der Waals surface area contributed by atoms with E-state index in [0.717, 1.165) is 10.9 Å². The van der Waals surface area contributed by atoms with Crippen LogP contribution < -0.4 is 5.32 Å². The maximum atomic E-state index is 12.3. The number of benzene rings is 1. The Balaban J connectivity index is 1.73. The zero-order valence-electron chi connectivity index (χ0n) is 11.9. The standard InChI is InChI=1S/C15H18N2O3S/c1-17-9-13(12-4-2-3-5-14(12)17)15(18)16-8-11-6-7-21(19,20)10-11/h2-5,9,11H,6-8,10H2,1H3,(H,16,18)/t11-/m1/s1. The second kappa shape index (κ2) is 5.18. The minimum atomic E-state index is -2.89. The van der Waals surface area contributed by atoms with Crippen molar-refractivity contribution in [3.8, 4) is 0 Å². The van der Waals surface area contributed by atoms with Gasteiger partial charge in [0.2, 0.25) is 0 Å². The fourth-order valence-electron chi connectivity index (χ4n) is 2.89. The van der Waals surface area contributed by atoms with Crippen molar-refractivity contribution in [2.24, 2.45) is 13.0 Å². The molecule has 0 spiro atoms. The molecule has 1 aliphatic rings. The van der Waals surface area contributed by atoms with Gasteiger partial charge in [0.05, 0.1) is 17.1 Å². The highest BCUT2D eigenvalue weighted by molar-refractivity contribution is 7.91. The van der Waals surface area contributed by atoms with Crippen molar-refractivity contribution in [3.63, 3.8) is 0 Å². The first-order chi connectivity index (χ1) is 9.96. The molecule has 0 bridgehead atoms. The predicted octanol–water partition coefficient (Wildman–Crippen LogP) is 1.34. The zero-order valence-corrected chi connectivity index (χ0v) is 12.7. The van der Waals surface area contributed by atoms with Gasteiger partial charge in [-0.2, -0.15) is 0 Å². The SMILES string of the molecule is Cn1cc(C(=O)NC[C@H]2CCS(=O)(=O)C2)c2ccccc21. The lowest BCUT2D eigenvalue weighted by atomic mass is 10.1. The highest BCUT2D eigenvalue weighted by Gasteiger charge is 2.28. The molecule has 0 unspecified atom stereocenters. The number of hydrogen-bond donors (Lipinski definition) is 1. The molecule has 0 aliphatic carbocycles. The van der Waals surface area contributed by atoms with E-state index in [4.69, 9.17) is 0 Å². The number of nitrogens with zero attached hydrogens (tertiary/aromatic N) is 1. The first-order valence-electron chi connectivity index (χ1n) is 6.99. The van der Waals surface area contributed by atoms with Crippen LogP contribution in [0.15, 0.2) is 30.5 Å². The fraction of sp³-hybridized carbons (Fsp3) is 0.400. The Kier molecular flexibility index (Phi) is 3.49. The smallest absolute Gasteiger partial charge is 0.253 e. The van der Waals surface area contributed by atoms with Crippen molar-refractivity contribution in [2.45, 2.75) is 6.42 Å². The topological polar surface area (TPSA) is 68.2 Å². The van der Waals surface area contributed by atoms with Gasteiger partial charge in [0.15, 0.2) is 9.84 Å². The van der Waals surface area contributed by atoms with Crippen LogP contribution in [0.3, 0.4) is 0 Å². The number of carbonyl (C=O) groups is 1. The molecule has 1 fully saturated rings. The Morgan fingerprint density at radius 1 is 1.38 bits per heavy atom. The Morgan fingerprint density at radius 2 is 2.14 bits per heavy atom. The van der Waals surface area contributed by atoms with E-state index >= 15 is 0 Å². The average Bonchev–Trinajstić information content (AvgIpc) is 2.97. The lowest BCUT2D eigenvalue weighted by molar-refractivity contribution is 0.0950. The van der Waals surface area contributed by atoms with Crippen LogP contribution in [-0.2, 0) is 16.9 Å². The first kappa shape index (κ1) is 14.1. The van der Waals surface area contributed by atoms with Gasteiger partial charge in [0.1, 0.15) is 0 Å². The largest absolute Gasteiger partial charge is 0.352 e. The number of amides is 1. The third-order valence-electron chi connectivity index (χ3n) is 4.02. The summed E-state index contributed by atoms with van der Waals surface area (Å²) in [6, 6.07) is 7.73. The molecule has 2 aromatic rings. The summed E-state index contributed by atoms with van der Waals surface area (Å²) in [5.41, 5.74) is 1.64. The summed E-state index contributed by atoms with van der Waals surface area (Å²) in [7, 11) is -0.989. The van der Waals surface area contributed by atoms with Gasteiger partial charge in [-0.3, -0.25) is 4.79 Å². The van der Waals surface area contributed by atoms with E-state index in [-0.39, 0.29) is 23.3 Å². The first-order valence-corrected chi connectivity index (χ1v) is 8.81. The number of sulfone groups is 1. The molecule has 2 heterocycles. The Labute approximate surface area is 123 Å². The summed E-state index contributed by atoms with van der Waals surface area (Å²) in [5, 5.41) is 3.78. The lowest BCUT2D eigenvalue weighted by Crippen LogP contribution is -2.29. The fourth-order valence-corrected chi connectivity index (χ4v) is 4.75. The number of carbonyl (C=O) groups excluding carboxylic acids is 1. The molecule has 6 heteroatoms. The second-order valence-electron chi connectivity index (χ2n) is 5.65. The van der Waals surface area contributed by atoms with Gasteiger partial charge in [0, 0.05) is 30.7 Å². The molecule has 1 aromatic carbocycles. The molecule has 1 atom stereocenters. The monoisotopic (exact) mass is 306 g/mol. The second-order valence-corrected chi connectivity index (χ2v) is 7.88. The third kappa shape index (κ3) is 2.81. The highest BCUT2D eigenvalue weighted by atomic mass is 32.2. The molecular weight excluding hydrogens is 288 g/mol. The maximum Gasteiger partial charge on any atom is 0.253 e. The quantitative estimate of drug-likeness (QED) is 0.930. The number of aryl methyl sites for hydroxylation is 1. The van der Waals surface area contributed by atoms with Crippen LogP contribution in [0.25, 0.3) is 10.9 Å². The van der Waals surface area contributed by atoms with Crippen LogP contribution in [0.5, 0.6) is 0 Å². The van der Waals surface area contributed by atoms with Crippen molar-refractivity contribution in [2.75, 3.05) is 18.1 Å². The molecule has 1 N–H and O–H groups in total. The minimum Gasteiger partial charge on any atom is -0.352 e. The van der Waals surface area contributed by atoms with Gasteiger partial charge < -0.3 is 9.88 Å². The molecule has 3 rings (SSSR count). The number of fused-ring (bicyclic) bond motifs is 1. The van der Waals surface area contributed by atoms with E-state index in [1.165, 1.54) is 0 Å². The van der Waals surface area contributed by atoms with Crippen LogP contribution in [0, 0.1) is 5.92 Å². The molecule has 1 saturated heterocycles. The van der Waals surface area contributed by atoms with Gasteiger partial charge in [0.25, 0.3) is 5.91 Å². The Hall–Kier alpha value is -1.82. The molecule has 1 amide bonds. The summed E-state index contributed by atoms with van der Waals surface area (Å²) in [4.78, 5) is 12.3. The van der Waals surface area contributed by atoms with Crippen LogP contribution in [0.1, 0.15) is 16.8 Å². The van der Waals surface area contributed by atoms with E-state index in [9.17, 15) is 13.2 Å². The van der Waals surface area contributed by atoms with E-state index in [1.54, 1.807) is 0 Å². The minimum absolute atomic E-state index is 0.0360. The zero-order chi connectivity index (χ0) is 15.0. The maximum absolute atomic E-state index is 12.3. The Morgan fingerprint density at radius 3 is 2.86 bits per heavy atom. The molecule has 21 heavy (non-hydrogen) atoms. The van der Waals surface area contributed by atoms with Crippen LogP contribution in [-0.4, -0.2) is 36.9 Å². The van der Waals surface area contributed by atoms with E-state index in [1.807, 2.05) is 42.1 Å². The summed E-state index contributed by atoms with van der Waals surface area (Å²) in [5.74, 6) is 0.315. The van der Waals surface area contributed by atoms with Crippen molar-refractivity contribution >= 4 is 26.6 Å². The Bertz CT molecular complexity index is 792. The normalized spacial score (nSPS) is 20.7.